The van der Waals surface area contributed by atoms with Crippen LogP contribution in [0.1, 0.15) is 19.4 Å². The van der Waals surface area contributed by atoms with Crippen molar-refractivity contribution in [3.05, 3.63) is 60.2 Å². The van der Waals surface area contributed by atoms with Crippen LogP contribution in [0.2, 0.25) is 0 Å². The fraction of sp³-hybridized carbons (Fsp3) is 0.480. The van der Waals surface area contributed by atoms with Crippen LogP contribution < -0.4 is 10.2 Å². The Morgan fingerprint density at radius 1 is 0.935 bits per heavy atom. The van der Waals surface area contributed by atoms with E-state index in [4.69, 9.17) is 4.74 Å². The van der Waals surface area contributed by atoms with Gasteiger partial charge in [-0.2, -0.15) is 0 Å². The Bertz CT molecular complexity index is 772. The molecule has 2 aromatic rings. The minimum Gasteiger partial charge on any atom is -0.378 e. The van der Waals surface area contributed by atoms with Gasteiger partial charge in [-0.05, 0) is 42.9 Å². The van der Waals surface area contributed by atoms with E-state index >= 15 is 0 Å². The maximum absolute atomic E-state index is 12.8. The number of anilines is 2. The highest BCUT2D eigenvalue weighted by atomic mass is 16.5. The summed E-state index contributed by atoms with van der Waals surface area (Å²) in [7, 11) is 0. The number of nitrogens with one attached hydrogen (secondary N) is 1. The quantitative estimate of drug-likeness (QED) is 0.600. The Morgan fingerprint density at radius 3 is 2.23 bits per heavy atom. The SMILES string of the molecule is CCN(CC)CCN(CC(=O)Nc1ccc(N2CCOCC2)cc1)Cc1ccccc1. The standard InChI is InChI=1S/C25H36N4O2/c1-3-27(4-2)14-15-28(20-22-8-6-5-7-9-22)21-25(30)26-23-10-12-24(13-11-23)29-16-18-31-19-17-29/h5-13H,3-4,14-21H2,1-2H3,(H,26,30). The van der Waals surface area contributed by atoms with Gasteiger partial charge in [-0.25, -0.2) is 0 Å². The molecule has 6 heteroatoms. The van der Waals surface area contributed by atoms with Gasteiger partial charge in [0, 0.05) is 44.1 Å². The summed E-state index contributed by atoms with van der Waals surface area (Å²) in [5.41, 5.74) is 3.24. The molecule has 2 aromatic carbocycles. The first-order valence-electron chi connectivity index (χ1n) is 11.4. The van der Waals surface area contributed by atoms with E-state index in [-0.39, 0.29) is 5.91 Å². The van der Waals surface area contributed by atoms with Crippen LogP contribution >= 0.6 is 0 Å². The Hall–Kier alpha value is -2.41. The molecule has 1 N–H and O–H groups in total. The monoisotopic (exact) mass is 424 g/mol. The first-order chi connectivity index (χ1) is 15.2. The Kier molecular flexibility index (Phi) is 9.34. The lowest BCUT2D eigenvalue weighted by Gasteiger charge is -2.29. The van der Waals surface area contributed by atoms with Gasteiger partial charge >= 0.3 is 0 Å². The average molecular weight is 425 g/mol. The molecule has 1 fully saturated rings. The number of rotatable bonds is 11. The largest absolute Gasteiger partial charge is 0.378 e. The molecule has 31 heavy (non-hydrogen) atoms. The minimum absolute atomic E-state index is 0.0228. The molecule has 3 rings (SSSR count). The lowest BCUT2D eigenvalue weighted by Crippen LogP contribution is -2.39. The van der Waals surface area contributed by atoms with Crippen LogP contribution in [-0.4, -0.2) is 74.7 Å². The van der Waals surface area contributed by atoms with Crippen molar-refractivity contribution in [2.75, 3.05) is 69.2 Å². The predicted octanol–water partition coefficient (Wildman–Crippen LogP) is 3.31. The molecule has 1 saturated heterocycles. The van der Waals surface area contributed by atoms with Crippen molar-refractivity contribution < 1.29 is 9.53 Å². The van der Waals surface area contributed by atoms with Crippen LogP contribution in [0.5, 0.6) is 0 Å². The van der Waals surface area contributed by atoms with E-state index in [1.807, 2.05) is 30.3 Å². The molecule has 168 valence electrons. The number of morpholine rings is 1. The third kappa shape index (κ3) is 7.65. The average Bonchev–Trinajstić information content (AvgIpc) is 2.81. The minimum atomic E-state index is 0.0228. The zero-order valence-corrected chi connectivity index (χ0v) is 18.9. The third-order valence-electron chi connectivity index (χ3n) is 5.77. The number of ether oxygens (including phenoxy) is 1. The fourth-order valence-corrected chi connectivity index (χ4v) is 3.86. The summed E-state index contributed by atoms with van der Waals surface area (Å²) in [6.45, 7) is 12.7. The molecule has 0 aliphatic carbocycles. The Labute approximate surface area is 186 Å². The van der Waals surface area contributed by atoms with Crippen LogP contribution in [0.3, 0.4) is 0 Å². The van der Waals surface area contributed by atoms with E-state index in [9.17, 15) is 4.79 Å². The maximum Gasteiger partial charge on any atom is 0.238 e. The number of carbonyl (C=O) groups is 1. The van der Waals surface area contributed by atoms with Gasteiger partial charge in [-0.3, -0.25) is 9.69 Å². The molecule has 1 aliphatic rings. The number of hydrogen-bond donors (Lipinski definition) is 1. The second-order valence-electron chi connectivity index (χ2n) is 7.92. The van der Waals surface area contributed by atoms with Gasteiger partial charge in [0.15, 0.2) is 0 Å². The molecule has 1 amide bonds. The zero-order chi connectivity index (χ0) is 21.9. The first-order valence-corrected chi connectivity index (χ1v) is 11.4. The van der Waals surface area contributed by atoms with Gasteiger partial charge in [0.2, 0.25) is 5.91 Å². The molecule has 1 aliphatic heterocycles. The molecule has 1 heterocycles. The molecular formula is C25H36N4O2. The summed E-state index contributed by atoms with van der Waals surface area (Å²) < 4.78 is 5.42. The number of likely N-dealkylation sites (N-methyl/N-ethyl adjacent to an activating group) is 1. The van der Waals surface area contributed by atoms with E-state index in [1.165, 1.54) is 11.3 Å². The molecule has 0 unspecified atom stereocenters. The molecule has 0 saturated carbocycles. The smallest absolute Gasteiger partial charge is 0.238 e. The van der Waals surface area contributed by atoms with E-state index < -0.39 is 0 Å². The topological polar surface area (TPSA) is 48.0 Å². The normalized spacial score (nSPS) is 14.3. The third-order valence-corrected chi connectivity index (χ3v) is 5.77. The summed E-state index contributed by atoms with van der Waals surface area (Å²) >= 11 is 0. The number of benzene rings is 2. The second kappa shape index (κ2) is 12.4. The van der Waals surface area contributed by atoms with Crippen LogP contribution in [-0.2, 0) is 16.1 Å². The van der Waals surface area contributed by atoms with Crippen molar-refractivity contribution in [1.29, 1.82) is 0 Å². The van der Waals surface area contributed by atoms with Gasteiger partial charge in [-0.15, -0.1) is 0 Å². The Balaban J connectivity index is 1.56. The molecule has 0 spiro atoms. The van der Waals surface area contributed by atoms with Crippen molar-refractivity contribution in [2.45, 2.75) is 20.4 Å². The molecular weight excluding hydrogens is 388 g/mol. The van der Waals surface area contributed by atoms with Crippen molar-refractivity contribution in [3.63, 3.8) is 0 Å². The number of amides is 1. The number of hydrogen-bond acceptors (Lipinski definition) is 5. The summed E-state index contributed by atoms with van der Waals surface area (Å²) in [5, 5.41) is 3.07. The van der Waals surface area contributed by atoms with Crippen molar-refractivity contribution >= 4 is 17.3 Å². The van der Waals surface area contributed by atoms with Gasteiger partial charge in [0.1, 0.15) is 0 Å². The van der Waals surface area contributed by atoms with Crippen LogP contribution in [0.15, 0.2) is 54.6 Å². The van der Waals surface area contributed by atoms with Crippen LogP contribution in [0, 0.1) is 0 Å². The number of nitrogens with zero attached hydrogens (tertiary/aromatic N) is 3. The predicted molar refractivity (Wildman–Crippen MR) is 128 cm³/mol. The Morgan fingerprint density at radius 2 is 1.58 bits per heavy atom. The van der Waals surface area contributed by atoms with E-state index in [1.54, 1.807) is 0 Å². The van der Waals surface area contributed by atoms with Crippen LogP contribution in [0.25, 0.3) is 0 Å². The molecule has 6 nitrogen and oxygen atoms in total. The van der Waals surface area contributed by atoms with E-state index in [0.717, 1.165) is 64.7 Å². The zero-order valence-electron chi connectivity index (χ0n) is 18.9. The highest BCUT2D eigenvalue weighted by Crippen LogP contribution is 2.19. The lowest BCUT2D eigenvalue weighted by atomic mass is 10.2. The molecule has 0 bridgehead atoms. The highest BCUT2D eigenvalue weighted by molar-refractivity contribution is 5.92. The number of carbonyl (C=O) groups excluding carboxylic acids is 1. The molecule has 0 atom stereocenters. The summed E-state index contributed by atoms with van der Waals surface area (Å²) in [6, 6.07) is 18.5. The van der Waals surface area contributed by atoms with Crippen molar-refractivity contribution in [3.8, 4) is 0 Å². The van der Waals surface area contributed by atoms with Gasteiger partial charge in [-0.1, -0.05) is 44.2 Å². The highest BCUT2D eigenvalue weighted by Gasteiger charge is 2.14. The van der Waals surface area contributed by atoms with E-state index in [0.29, 0.717) is 6.54 Å². The van der Waals surface area contributed by atoms with Crippen molar-refractivity contribution in [1.82, 2.24) is 9.80 Å². The summed E-state index contributed by atoms with van der Waals surface area (Å²) in [4.78, 5) is 19.7. The second-order valence-corrected chi connectivity index (χ2v) is 7.92. The maximum atomic E-state index is 12.8. The summed E-state index contributed by atoms with van der Waals surface area (Å²) in [6.07, 6.45) is 0. The fourth-order valence-electron chi connectivity index (χ4n) is 3.86. The summed E-state index contributed by atoms with van der Waals surface area (Å²) in [5.74, 6) is 0.0228. The van der Waals surface area contributed by atoms with Gasteiger partial charge in [0.05, 0.1) is 19.8 Å². The van der Waals surface area contributed by atoms with Crippen LogP contribution in [0.4, 0.5) is 11.4 Å². The van der Waals surface area contributed by atoms with Gasteiger partial charge < -0.3 is 19.9 Å². The van der Waals surface area contributed by atoms with E-state index in [2.05, 4.69) is 58.1 Å². The first kappa shape index (κ1) is 23.3. The van der Waals surface area contributed by atoms with Crippen molar-refractivity contribution in [2.24, 2.45) is 0 Å². The lowest BCUT2D eigenvalue weighted by molar-refractivity contribution is -0.117. The molecule has 0 radical (unpaired) electrons. The van der Waals surface area contributed by atoms with Gasteiger partial charge in [0.25, 0.3) is 0 Å². The molecule has 0 aromatic heterocycles.